The lowest BCUT2D eigenvalue weighted by Gasteiger charge is -2.53. The largest absolute Gasteiger partial charge is 0.378 e. The Morgan fingerprint density at radius 1 is 1.22 bits per heavy atom. The van der Waals surface area contributed by atoms with Crippen molar-refractivity contribution in [3.8, 4) is 0 Å². The van der Waals surface area contributed by atoms with Crippen LogP contribution in [0.25, 0.3) is 0 Å². The lowest BCUT2D eigenvalue weighted by molar-refractivity contribution is -0.115. The van der Waals surface area contributed by atoms with Gasteiger partial charge in [-0.25, -0.2) is 0 Å². The van der Waals surface area contributed by atoms with Crippen LogP contribution in [0.15, 0.2) is 30.6 Å². The number of hydrogen-bond acceptors (Lipinski definition) is 5. The third-order valence-electron chi connectivity index (χ3n) is 6.00. The molecule has 2 aromatic rings. The molecule has 0 N–H and O–H groups in total. The van der Waals surface area contributed by atoms with Gasteiger partial charge in [0.1, 0.15) is 0 Å². The van der Waals surface area contributed by atoms with Crippen LogP contribution >= 0.6 is 0 Å². The molecule has 27 heavy (non-hydrogen) atoms. The van der Waals surface area contributed by atoms with Crippen LogP contribution in [0.2, 0.25) is 0 Å². The molecular weight excluding hydrogens is 342 g/mol. The Kier molecular flexibility index (Phi) is 4.97. The van der Waals surface area contributed by atoms with Gasteiger partial charge in [0.15, 0.2) is 5.69 Å². The fourth-order valence-corrected chi connectivity index (χ4v) is 4.27. The molecule has 0 aromatic carbocycles. The van der Waals surface area contributed by atoms with Crippen molar-refractivity contribution in [2.45, 2.75) is 38.0 Å². The summed E-state index contributed by atoms with van der Waals surface area (Å²) < 4.78 is 7.42. The molecule has 144 valence electrons. The van der Waals surface area contributed by atoms with E-state index in [0.29, 0.717) is 11.7 Å². The van der Waals surface area contributed by atoms with Gasteiger partial charge in [0.2, 0.25) is 0 Å². The van der Waals surface area contributed by atoms with E-state index in [1.54, 1.807) is 11.8 Å². The van der Waals surface area contributed by atoms with E-state index >= 15 is 0 Å². The van der Waals surface area contributed by atoms with Crippen LogP contribution in [0, 0.1) is 6.92 Å². The van der Waals surface area contributed by atoms with Crippen molar-refractivity contribution in [2.75, 3.05) is 26.7 Å². The van der Waals surface area contributed by atoms with Crippen LogP contribution in [0.1, 0.15) is 40.6 Å². The number of pyridine rings is 1. The zero-order chi connectivity index (χ0) is 19.0. The Labute approximate surface area is 159 Å². The monoisotopic (exact) mass is 369 g/mol. The smallest absolute Gasteiger partial charge is 0.274 e. The van der Waals surface area contributed by atoms with E-state index in [4.69, 9.17) is 4.74 Å². The van der Waals surface area contributed by atoms with Crippen LogP contribution in [0.5, 0.6) is 0 Å². The molecule has 2 aromatic heterocycles. The van der Waals surface area contributed by atoms with Crippen LogP contribution in [-0.4, -0.2) is 69.4 Å². The highest BCUT2D eigenvalue weighted by molar-refractivity contribution is 5.92. The first-order valence-electron chi connectivity index (χ1n) is 9.57. The number of ether oxygens (including phenoxy) is 1. The van der Waals surface area contributed by atoms with Gasteiger partial charge in [-0.15, -0.1) is 0 Å². The van der Waals surface area contributed by atoms with Crippen LogP contribution in [-0.2, 0) is 11.8 Å². The Bertz CT molecular complexity index is 778. The average molecular weight is 369 g/mol. The molecule has 4 rings (SSSR count). The molecule has 4 heterocycles. The van der Waals surface area contributed by atoms with E-state index in [0.717, 1.165) is 38.2 Å². The van der Waals surface area contributed by atoms with Gasteiger partial charge < -0.3 is 9.64 Å². The molecule has 0 aliphatic carbocycles. The second-order valence-corrected chi connectivity index (χ2v) is 7.51. The first kappa shape index (κ1) is 18.1. The molecule has 0 bridgehead atoms. The van der Waals surface area contributed by atoms with Crippen molar-refractivity contribution in [3.05, 3.63) is 47.5 Å². The summed E-state index contributed by atoms with van der Waals surface area (Å²) in [5.74, 6) is 0.0428. The number of likely N-dealkylation sites (tertiary alicyclic amines) is 2. The van der Waals surface area contributed by atoms with E-state index in [-0.39, 0.29) is 18.1 Å². The fraction of sp³-hybridized carbons (Fsp3) is 0.550. The fourth-order valence-electron chi connectivity index (χ4n) is 4.27. The number of nitrogens with zero attached hydrogens (tertiary/aromatic N) is 5. The summed E-state index contributed by atoms with van der Waals surface area (Å²) in [7, 11) is 3.65. The molecule has 2 atom stereocenters. The average Bonchev–Trinajstić information content (AvgIpc) is 3.01. The maximum atomic E-state index is 12.7. The van der Waals surface area contributed by atoms with Crippen LogP contribution in [0.4, 0.5) is 0 Å². The molecular formula is C20H27N5O2. The molecule has 0 radical (unpaired) electrons. The van der Waals surface area contributed by atoms with Crippen molar-refractivity contribution >= 4 is 5.91 Å². The maximum Gasteiger partial charge on any atom is 0.274 e. The Morgan fingerprint density at radius 3 is 2.52 bits per heavy atom. The Hall–Kier alpha value is -2.25. The predicted octanol–water partition coefficient (Wildman–Crippen LogP) is 1.80. The summed E-state index contributed by atoms with van der Waals surface area (Å²) in [5.41, 5.74) is 2.80. The van der Waals surface area contributed by atoms with Crippen molar-refractivity contribution in [3.63, 3.8) is 0 Å². The summed E-state index contributed by atoms with van der Waals surface area (Å²) in [6.07, 6.45) is 5.87. The lowest BCUT2D eigenvalue weighted by atomic mass is 9.87. The van der Waals surface area contributed by atoms with Gasteiger partial charge in [-0.05, 0) is 43.5 Å². The zero-order valence-electron chi connectivity index (χ0n) is 16.2. The molecule has 7 nitrogen and oxygen atoms in total. The van der Waals surface area contributed by atoms with E-state index in [1.165, 1.54) is 5.56 Å². The highest BCUT2D eigenvalue weighted by Crippen LogP contribution is 2.39. The van der Waals surface area contributed by atoms with Gasteiger partial charge in [-0.1, -0.05) is 0 Å². The third-order valence-corrected chi connectivity index (χ3v) is 6.00. The van der Waals surface area contributed by atoms with Gasteiger partial charge >= 0.3 is 0 Å². The second kappa shape index (κ2) is 7.40. The molecule has 2 aliphatic heterocycles. The first-order valence-corrected chi connectivity index (χ1v) is 9.57. The van der Waals surface area contributed by atoms with Gasteiger partial charge in [-0.3, -0.25) is 19.4 Å². The maximum absolute atomic E-state index is 12.7. The van der Waals surface area contributed by atoms with Gasteiger partial charge in [0.05, 0.1) is 12.1 Å². The van der Waals surface area contributed by atoms with E-state index in [1.807, 2.05) is 37.3 Å². The third kappa shape index (κ3) is 3.37. The number of aryl methyl sites for hydroxylation is 2. The summed E-state index contributed by atoms with van der Waals surface area (Å²) in [6, 6.07) is 6.77. The molecule has 0 spiro atoms. The number of rotatable bonds is 4. The number of carbonyl (C=O) groups excluding carboxylic acids is 1. The van der Waals surface area contributed by atoms with E-state index < -0.39 is 0 Å². The summed E-state index contributed by atoms with van der Waals surface area (Å²) in [4.78, 5) is 21.3. The number of aromatic nitrogens is 3. The highest BCUT2D eigenvalue weighted by Gasteiger charge is 2.44. The minimum Gasteiger partial charge on any atom is -0.378 e. The number of methoxy groups -OCH3 is 1. The Morgan fingerprint density at radius 2 is 1.93 bits per heavy atom. The van der Waals surface area contributed by atoms with E-state index in [2.05, 4.69) is 27.1 Å². The van der Waals surface area contributed by atoms with Crippen molar-refractivity contribution in [2.24, 2.45) is 7.05 Å². The van der Waals surface area contributed by atoms with E-state index in [9.17, 15) is 4.79 Å². The summed E-state index contributed by atoms with van der Waals surface area (Å²) >= 11 is 0. The van der Waals surface area contributed by atoms with Crippen LogP contribution < -0.4 is 0 Å². The highest BCUT2D eigenvalue weighted by atomic mass is 16.5. The topological polar surface area (TPSA) is 63.5 Å². The summed E-state index contributed by atoms with van der Waals surface area (Å²) in [5, 5.41) is 4.33. The van der Waals surface area contributed by atoms with Gasteiger partial charge in [-0.2, -0.15) is 5.10 Å². The number of amides is 1. The molecule has 7 heteroatoms. The molecule has 2 aliphatic rings. The van der Waals surface area contributed by atoms with Gasteiger partial charge in [0.25, 0.3) is 5.91 Å². The normalized spacial score (nSPS) is 24.0. The number of piperidine rings is 1. The molecule has 0 unspecified atom stereocenters. The minimum absolute atomic E-state index is 0.0428. The second-order valence-electron chi connectivity index (χ2n) is 7.51. The number of carbonyl (C=O) groups is 1. The zero-order valence-corrected chi connectivity index (χ0v) is 16.2. The minimum atomic E-state index is 0.0428. The lowest BCUT2D eigenvalue weighted by Crippen LogP contribution is -2.60. The SMILES string of the molecule is CO[C@H]1CN(C2CCN(C(=O)c3cc(C)n(C)n3)CC2)[C@H]1c1ccncc1. The molecule has 2 saturated heterocycles. The molecule has 1 amide bonds. The van der Waals surface area contributed by atoms with Crippen molar-refractivity contribution < 1.29 is 9.53 Å². The first-order chi connectivity index (χ1) is 13.1. The predicted molar refractivity (Wildman–Crippen MR) is 101 cm³/mol. The molecule has 2 fully saturated rings. The number of hydrogen-bond donors (Lipinski definition) is 0. The van der Waals surface area contributed by atoms with Crippen molar-refractivity contribution in [1.82, 2.24) is 24.6 Å². The summed E-state index contributed by atoms with van der Waals surface area (Å²) in [6.45, 7) is 4.46. The Balaban J connectivity index is 1.39. The quantitative estimate of drug-likeness (QED) is 0.822. The molecule has 0 saturated carbocycles. The van der Waals surface area contributed by atoms with Crippen molar-refractivity contribution in [1.29, 1.82) is 0 Å². The van der Waals surface area contributed by atoms with Crippen LogP contribution in [0.3, 0.4) is 0 Å². The van der Waals surface area contributed by atoms with Gasteiger partial charge in [0, 0.05) is 57.9 Å². The standard InChI is InChI=1S/C20H27N5O2/c1-14-12-17(22-23(14)2)20(26)24-10-6-16(7-11-24)25-13-18(27-3)19(25)15-4-8-21-9-5-15/h4-5,8-9,12,16,18-19H,6-7,10-11,13H2,1-3H3/t18-,19-/m0/s1.